The zero-order chi connectivity index (χ0) is 16.0. The maximum Gasteiger partial charge on any atom is 1.00 e. The first kappa shape index (κ1) is 25.0. The molecule has 0 heterocycles. The third-order valence-electron chi connectivity index (χ3n) is 2.65. The first-order valence-electron chi connectivity index (χ1n) is 7.31. The van der Waals surface area contributed by atoms with Crippen LogP contribution in [-0.2, 0) is 24.3 Å². The Morgan fingerprint density at radius 2 is 1.41 bits per heavy atom. The Bertz CT molecular complexity index is 328. The molecular formula is C13H28NNaO6S. The molecule has 0 rings (SSSR count). The van der Waals surface area contributed by atoms with Crippen molar-refractivity contribution < 1.29 is 56.7 Å². The van der Waals surface area contributed by atoms with E-state index in [1.807, 2.05) is 0 Å². The van der Waals surface area contributed by atoms with Crippen molar-refractivity contribution in [2.24, 2.45) is 0 Å². The van der Waals surface area contributed by atoms with Gasteiger partial charge in [0.25, 0.3) is 0 Å². The predicted octanol–water partition coefficient (Wildman–Crippen LogP) is -2.68. The van der Waals surface area contributed by atoms with Crippen LogP contribution in [0.15, 0.2) is 0 Å². The van der Waals surface area contributed by atoms with Crippen LogP contribution in [0.4, 0.5) is 0 Å². The molecule has 0 N–H and O–H groups in total. The largest absolute Gasteiger partial charge is 1.00 e. The van der Waals surface area contributed by atoms with Crippen LogP contribution in [0, 0.1) is 0 Å². The molecule has 0 radical (unpaired) electrons. The molecule has 128 valence electrons. The zero-order valence-electron chi connectivity index (χ0n) is 14.1. The second kappa shape index (κ2) is 16.6. The number of nitrogens with zero attached hydrogens (tertiary/aromatic N) is 1. The Hall–Kier alpha value is 0.750. The van der Waals surface area contributed by atoms with Gasteiger partial charge in [-0.25, -0.2) is 8.42 Å². The van der Waals surface area contributed by atoms with Crippen LogP contribution < -0.4 is 29.6 Å². The van der Waals surface area contributed by atoms with Crippen LogP contribution in [0.2, 0.25) is 0 Å². The molecule has 0 aromatic rings. The topological polar surface area (TPSA) is 88.1 Å². The summed E-state index contributed by atoms with van der Waals surface area (Å²) in [5, 5.41) is 0. The quantitative estimate of drug-likeness (QED) is 0.181. The molecule has 0 bridgehead atoms. The van der Waals surface area contributed by atoms with E-state index < -0.39 is 10.1 Å². The van der Waals surface area contributed by atoms with Crippen LogP contribution in [0.25, 0.3) is 0 Å². The minimum absolute atomic E-state index is 0. The molecule has 0 fully saturated rings. The van der Waals surface area contributed by atoms with E-state index >= 15 is 0 Å². The van der Waals surface area contributed by atoms with E-state index in [2.05, 4.69) is 18.9 Å². The Labute approximate surface area is 156 Å². The molecule has 0 atom stereocenters. The summed E-state index contributed by atoms with van der Waals surface area (Å²) in [5.41, 5.74) is 0. The Balaban J connectivity index is 0. The summed E-state index contributed by atoms with van der Waals surface area (Å²) < 4.78 is 46.8. The van der Waals surface area contributed by atoms with Gasteiger partial charge in [-0.05, 0) is 26.4 Å². The Morgan fingerprint density at radius 3 is 1.91 bits per heavy atom. The fourth-order valence-corrected chi connectivity index (χ4v) is 2.06. The number of rotatable bonds is 15. The molecule has 0 saturated heterocycles. The molecule has 22 heavy (non-hydrogen) atoms. The second-order valence-electron chi connectivity index (χ2n) is 4.76. The molecule has 0 aliphatic carbocycles. The van der Waals surface area contributed by atoms with Gasteiger partial charge in [0, 0.05) is 18.9 Å². The van der Waals surface area contributed by atoms with Crippen molar-refractivity contribution in [3.63, 3.8) is 0 Å². The normalized spacial score (nSPS) is 11.6. The molecule has 0 aliphatic rings. The van der Waals surface area contributed by atoms with Crippen molar-refractivity contribution in [2.45, 2.75) is 19.8 Å². The average molecular weight is 349 g/mol. The van der Waals surface area contributed by atoms with Gasteiger partial charge in [-0.15, -0.1) is 0 Å². The maximum absolute atomic E-state index is 10.3. The van der Waals surface area contributed by atoms with Crippen molar-refractivity contribution >= 4 is 10.1 Å². The molecule has 0 aromatic carbocycles. The number of ether oxygens (including phenoxy) is 3. The van der Waals surface area contributed by atoms with E-state index in [1.165, 1.54) is 0 Å². The van der Waals surface area contributed by atoms with Crippen LogP contribution in [0.3, 0.4) is 0 Å². The molecule has 9 heteroatoms. The van der Waals surface area contributed by atoms with E-state index in [-0.39, 0.29) is 48.3 Å². The third-order valence-corrected chi connectivity index (χ3v) is 3.44. The number of hydrogen-bond donors (Lipinski definition) is 0. The molecule has 0 unspecified atom stereocenters. The summed E-state index contributed by atoms with van der Waals surface area (Å²) in [6.07, 6.45) is 1.36. The number of likely N-dealkylation sites (N-methyl/N-ethyl adjacent to an activating group) is 1. The van der Waals surface area contributed by atoms with Gasteiger partial charge in [0.2, 0.25) is 0 Å². The Morgan fingerprint density at radius 1 is 0.909 bits per heavy atom. The van der Waals surface area contributed by atoms with Crippen molar-refractivity contribution in [1.29, 1.82) is 0 Å². The van der Waals surface area contributed by atoms with Gasteiger partial charge in [0.15, 0.2) is 0 Å². The van der Waals surface area contributed by atoms with Crippen molar-refractivity contribution in [2.75, 3.05) is 65.5 Å². The fourth-order valence-electron chi connectivity index (χ4n) is 1.59. The first-order chi connectivity index (χ1) is 9.95. The van der Waals surface area contributed by atoms with Crippen molar-refractivity contribution in [3.05, 3.63) is 0 Å². The fraction of sp³-hybridized carbons (Fsp3) is 1.00. The van der Waals surface area contributed by atoms with Gasteiger partial charge in [-0.1, -0.05) is 6.92 Å². The molecule has 0 aromatic heterocycles. The van der Waals surface area contributed by atoms with Gasteiger partial charge in [0.1, 0.15) is 0 Å². The molecule has 0 aliphatic heterocycles. The smallest absolute Gasteiger partial charge is 0.748 e. The van der Waals surface area contributed by atoms with Gasteiger partial charge < -0.3 is 23.7 Å². The molecule has 0 saturated carbocycles. The maximum atomic E-state index is 10.3. The van der Waals surface area contributed by atoms with Crippen LogP contribution in [0.1, 0.15) is 19.8 Å². The van der Waals surface area contributed by atoms with Crippen LogP contribution >= 0.6 is 0 Å². The van der Waals surface area contributed by atoms with E-state index in [9.17, 15) is 13.0 Å². The van der Waals surface area contributed by atoms with Gasteiger partial charge >= 0.3 is 29.6 Å². The summed E-state index contributed by atoms with van der Waals surface area (Å²) >= 11 is 0. The van der Waals surface area contributed by atoms with Gasteiger partial charge in [-0.2, -0.15) is 0 Å². The van der Waals surface area contributed by atoms with E-state index in [0.717, 1.165) is 19.5 Å². The minimum atomic E-state index is -4.13. The SMILES string of the molecule is CCCN(C)CCOCCOCCOCCCS(=O)(=O)[O-].[Na+]. The van der Waals surface area contributed by atoms with Crippen molar-refractivity contribution in [3.8, 4) is 0 Å². The molecule has 0 amide bonds. The molecule has 0 spiro atoms. The summed E-state index contributed by atoms with van der Waals surface area (Å²) in [4.78, 5) is 2.22. The minimum Gasteiger partial charge on any atom is -0.748 e. The number of hydrogen-bond acceptors (Lipinski definition) is 7. The average Bonchev–Trinajstić information content (AvgIpc) is 2.39. The Kier molecular flexibility index (Phi) is 18.9. The molecule has 7 nitrogen and oxygen atoms in total. The predicted molar refractivity (Wildman–Crippen MR) is 79.4 cm³/mol. The van der Waals surface area contributed by atoms with Gasteiger partial charge in [0.05, 0.1) is 43.2 Å². The van der Waals surface area contributed by atoms with E-state index in [0.29, 0.717) is 33.0 Å². The summed E-state index contributed by atoms with van der Waals surface area (Å²) in [5.74, 6) is -0.381. The summed E-state index contributed by atoms with van der Waals surface area (Å²) in [6.45, 7) is 6.97. The van der Waals surface area contributed by atoms with Crippen LogP contribution in [0.5, 0.6) is 0 Å². The standard InChI is InChI=1S/C13H29NO6S.Na/c1-3-5-14(2)6-8-19-10-12-20-11-9-18-7-4-13-21(15,16)17;/h3-13H2,1-2H3,(H,15,16,17);/q;+1/p-1. The summed E-state index contributed by atoms with van der Waals surface area (Å²) in [6, 6.07) is 0. The first-order valence-corrected chi connectivity index (χ1v) is 8.88. The van der Waals surface area contributed by atoms with Crippen LogP contribution in [-0.4, -0.2) is 83.4 Å². The van der Waals surface area contributed by atoms with Gasteiger partial charge in [-0.3, -0.25) is 0 Å². The summed E-state index contributed by atoms with van der Waals surface area (Å²) in [7, 11) is -2.06. The van der Waals surface area contributed by atoms with E-state index in [4.69, 9.17) is 14.2 Å². The molecular weight excluding hydrogens is 321 g/mol. The monoisotopic (exact) mass is 349 g/mol. The van der Waals surface area contributed by atoms with E-state index in [1.54, 1.807) is 0 Å². The van der Waals surface area contributed by atoms with Crippen molar-refractivity contribution in [1.82, 2.24) is 4.90 Å². The second-order valence-corrected chi connectivity index (χ2v) is 6.28. The third kappa shape index (κ3) is 20.8. The zero-order valence-corrected chi connectivity index (χ0v) is 16.9.